The van der Waals surface area contributed by atoms with Gasteiger partial charge < -0.3 is 10.1 Å². The number of amides is 1. The van der Waals surface area contributed by atoms with Crippen molar-refractivity contribution in [2.24, 2.45) is 0 Å². The summed E-state index contributed by atoms with van der Waals surface area (Å²) in [7, 11) is 0. The Bertz CT molecular complexity index is 696. The van der Waals surface area contributed by atoms with Gasteiger partial charge in [0.2, 0.25) is 5.88 Å². The molecule has 0 unspecified atom stereocenters. The second-order valence-corrected chi connectivity index (χ2v) is 6.83. The van der Waals surface area contributed by atoms with E-state index >= 15 is 0 Å². The van der Waals surface area contributed by atoms with Crippen LogP contribution in [0.3, 0.4) is 0 Å². The molecule has 1 aromatic heterocycles. The summed E-state index contributed by atoms with van der Waals surface area (Å²) in [6, 6.07) is 12.3. The number of hydrogen-bond donors (Lipinski definition) is 1. The molecule has 4 rings (SSSR count). The average Bonchev–Trinajstić information content (AvgIpc) is 3.23. The summed E-state index contributed by atoms with van der Waals surface area (Å²) in [5, 5.41) is 7.46. The van der Waals surface area contributed by atoms with Crippen LogP contribution in [0.4, 0.5) is 0 Å². The summed E-state index contributed by atoms with van der Waals surface area (Å²) < 4.78 is 7.19. The molecule has 0 atom stereocenters. The van der Waals surface area contributed by atoms with E-state index in [1.165, 1.54) is 24.8 Å². The molecule has 24 heavy (non-hydrogen) atoms. The van der Waals surface area contributed by atoms with E-state index in [9.17, 15) is 4.79 Å². The Kier molecular flexibility index (Phi) is 4.00. The standard InChI is InChI=1S/C19H23N3O2/c23-18(16-13-17-22(21-16)11-12-24-17)20-14-19(9-5-2-6-10-19)15-7-3-1-4-8-15/h1,3-4,7-8,13H,2,5-6,9-12,14H2,(H,20,23). The molecular formula is C19H23N3O2. The van der Waals surface area contributed by atoms with Crippen LogP contribution < -0.4 is 10.1 Å². The van der Waals surface area contributed by atoms with Gasteiger partial charge in [0.15, 0.2) is 5.69 Å². The Hall–Kier alpha value is -2.30. The molecule has 0 saturated heterocycles. The molecule has 0 bridgehead atoms. The second-order valence-electron chi connectivity index (χ2n) is 6.83. The van der Waals surface area contributed by atoms with Crippen molar-refractivity contribution in [2.45, 2.75) is 44.1 Å². The number of aromatic nitrogens is 2. The van der Waals surface area contributed by atoms with Crippen molar-refractivity contribution >= 4 is 5.91 Å². The molecule has 126 valence electrons. The summed E-state index contributed by atoms with van der Waals surface area (Å²) >= 11 is 0. The van der Waals surface area contributed by atoms with E-state index < -0.39 is 0 Å². The van der Waals surface area contributed by atoms with Gasteiger partial charge in [0, 0.05) is 18.0 Å². The molecule has 0 spiro atoms. The minimum Gasteiger partial charge on any atom is -0.476 e. The van der Waals surface area contributed by atoms with Gasteiger partial charge in [-0.2, -0.15) is 5.10 Å². The summed E-state index contributed by atoms with van der Waals surface area (Å²) in [5.74, 6) is 0.581. The maximum atomic E-state index is 12.5. The quantitative estimate of drug-likeness (QED) is 0.940. The van der Waals surface area contributed by atoms with Crippen LogP contribution in [-0.4, -0.2) is 28.8 Å². The van der Waals surface area contributed by atoms with Gasteiger partial charge in [-0.1, -0.05) is 49.6 Å². The number of nitrogens with zero attached hydrogens (tertiary/aromatic N) is 2. The Morgan fingerprint density at radius 2 is 2.00 bits per heavy atom. The van der Waals surface area contributed by atoms with Gasteiger partial charge in [0.1, 0.15) is 6.61 Å². The van der Waals surface area contributed by atoms with Crippen molar-refractivity contribution in [1.29, 1.82) is 0 Å². The maximum Gasteiger partial charge on any atom is 0.271 e. The Morgan fingerprint density at radius 1 is 1.21 bits per heavy atom. The molecule has 1 aliphatic carbocycles. The molecule has 1 N–H and O–H groups in total. The molecule has 1 fully saturated rings. The highest BCUT2D eigenvalue weighted by molar-refractivity contribution is 5.92. The normalized spacial score (nSPS) is 18.7. The first kappa shape index (κ1) is 15.2. The van der Waals surface area contributed by atoms with Crippen LogP contribution in [0.15, 0.2) is 36.4 Å². The number of ether oxygens (including phenoxy) is 1. The highest BCUT2D eigenvalue weighted by Crippen LogP contribution is 2.39. The predicted octanol–water partition coefficient (Wildman–Crippen LogP) is 2.91. The smallest absolute Gasteiger partial charge is 0.271 e. The minimum absolute atomic E-state index is 0.0497. The molecule has 2 aliphatic rings. The van der Waals surface area contributed by atoms with E-state index in [0.717, 1.165) is 19.4 Å². The zero-order chi connectivity index (χ0) is 16.4. The van der Waals surface area contributed by atoms with E-state index in [0.29, 0.717) is 24.7 Å². The van der Waals surface area contributed by atoms with E-state index in [4.69, 9.17) is 4.74 Å². The molecule has 0 radical (unpaired) electrons. The van der Waals surface area contributed by atoms with Crippen molar-refractivity contribution < 1.29 is 9.53 Å². The number of hydrogen-bond acceptors (Lipinski definition) is 3. The van der Waals surface area contributed by atoms with Crippen LogP contribution in [0, 0.1) is 0 Å². The zero-order valence-electron chi connectivity index (χ0n) is 13.8. The third-order valence-electron chi connectivity index (χ3n) is 5.31. The lowest BCUT2D eigenvalue weighted by molar-refractivity contribution is 0.0930. The first-order chi connectivity index (χ1) is 11.8. The van der Waals surface area contributed by atoms with Gasteiger partial charge in [-0.15, -0.1) is 0 Å². The minimum atomic E-state index is -0.110. The molecule has 5 nitrogen and oxygen atoms in total. The van der Waals surface area contributed by atoms with Crippen LogP contribution in [0.2, 0.25) is 0 Å². The summed E-state index contributed by atoms with van der Waals surface area (Å²) in [4.78, 5) is 12.5. The molecule has 1 amide bonds. The fourth-order valence-corrected chi connectivity index (χ4v) is 3.95. The van der Waals surface area contributed by atoms with Crippen LogP contribution in [-0.2, 0) is 12.0 Å². The van der Waals surface area contributed by atoms with Gasteiger partial charge in [-0.25, -0.2) is 4.68 Å². The lowest BCUT2D eigenvalue weighted by atomic mass is 9.69. The van der Waals surface area contributed by atoms with Crippen LogP contribution >= 0.6 is 0 Å². The van der Waals surface area contributed by atoms with Crippen LogP contribution in [0.1, 0.15) is 48.2 Å². The number of carbonyl (C=O) groups excluding carboxylic acids is 1. The number of benzene rings is 1. The topological polar surface area (TPSA) is 56.2 Å². The van der Waals surface area contributed by atoms with E-state index in [1.807, 2.05) is 6.07 Å². The number of carbonyl (C=O) groups is 1. The summed E-state index contributed by atoms with van der Waals surface area (Å²) in [6.07, 6.45) is 5.97. The highest BCUT2D eigenvalue weighted by atomic mass is 16.5. The highest BCUT2D eigenvalue weighted by Gasteiger charge is 2.34. The van der Waals surface area contributed by atoms with Crippen molar-refractivity contribution in [3.05, 3.63) is 47.7 Å². The monoisotopic (exact) mass is 325 g/mol. The Balaban J connectivity index is 1.49. The molecule has 1 aromatic carbocycles. The third-order valence-corrected chi connectivity index (χ3v) is 5.31. The number of nitrogens with one attached hydrogen (secondary N) is 1. The lowest BCUT2D eigenvalue weighted by Gasteiger charge is -2.38. The molecule has 2 heterocycles. The van der Waals surface area contributed by atoms with Crippen molar-refractivity contribution in [2.75, 3.05) is 13.2 Å². The second kappa shape index (κ2) is 6.30. The fourth-order valence-electron chi connectivity index (χ4n) is 3.95. The van der Waals surface area contributed by atoms with Gasteiger partial charge >= 0.3 is 0 Å². The maximum absolute atomic E-state index is 12.5. The first-order valence-electron chi connectivity index (χ1n) is 8.81. The zero-order valence-corrected chi connectivity index (χ0v) is 13.8. The van der Waals surface area contributed by atoms with Crippen molar-refractivity contribution in [3.8, 4) is 5.88 Å². The predicted molar refractivity (Wildman–Crippen MR) is 91.3 cm³/mol. The molecular weight excluding hydrogens is 302 g/mol. The Labute approximate surface area is 142 Å². The van der Waals surface area contributed by atoms with E-state index in [1.54, 1.807) is 10.7 Å². The van der Waals surface area contributed by atoms with Gasteiger partial charge in [-0.05, 0) is 18.4 Å². The summed E-state index contributed by atoms with van der Waals surface area (Å²) in [5.41, 5.74) is 1.83. The molecule has 1 aliphatic heterocycles. The third kappa shape index (κ3) is 2.79. The Morgan fingerprint density at radius 3 is 2.75 bits per heavy atom. The van der Waals surface area contributed by atoms with Gasteiger partial charge in [0.25, 0.3) is 5.91 Å². The SMILES string of the molecule is O=C(NCC1(c2ccccc2)CCCCC1)c1cc2n(n1)CCO2. The first-order valence-corrected chi connectivity index (χ1v) is 8.81. The van der Waals surface area contributed by atoms with Crippen molar-refractivity contribution in [3.63, 3.8) is 0 Å². The fraction of sp³-hybridized carbons (Fsp3) is 0.474. The molecule has 2 aromatic rings. The lowest BCUT2D eigenvalue weighted by Crippen LogP contribution is -2.42. The van der Waals surface area contributed by atoms with Gasteiger partial charge in [-0.3, -0.25) is 4.79 Å². The van der Waals surface area contributed by atoms with Crippen LogP contribution in [0.25, 0.3) is 0 Å². The van der Waals surface area contributed by atoms with Crippen LogP contribution in [0.5, 0.6) is 5.88 Å². The number of fused-ring (bicyclic) bond motifs is 1. The van der Waals surface area contributed by atoms with Gasteiger partial charge in [0.05, 0.1) is 6.54 Å². The van der Waals surface area contributed by atoms with E-state index in [-0.39, 0.29) is 11.3 Å². The van der Waals surface area contributed by atoms with E-state index in [2.05, 4.69) is 34.7 Å². The summed E-state index contributed by atoms with van der Waals surface area (Å²) in [6.45, 7) is 2.02. The largest absolute Gasteiger partial charge is 0.476 e. The molecule has 1 saturated carbocycles. The number of rotatable bonds is 4. The average molecular weight is 325 g/mol. The molecule has 5 heteroatoms. The van der Waals surface area contributed by atoms with Crippen molar-refractivity contribution in [1.82, 2.24) is 15.1 Å².